The molecule has 1 fully saturated rings. The van der Waals surface area contributed by atoms with Crippen LogP contribution in [-0.4, -0.2) is 62.4 Å². The molecule has 1 amide bonds. The third-order valence-corrected chi connectivity index (χ3v) is 7.29. The molecule has 1 aromatic carbocycles. The molecule has 2 aromatic rings. The minimum Gasteiger partial charge on any atom is -0.383 e. The number of rotatable bonds is 8. The zero-order valence-corrected chi connectivity index (χ0v) is 19.1. The van der Waals surface area contributed by atoms with Crippen LogP contribution in [0, 0.1) is 12.8 Å². The van der Waals surface area contributed by atoms with Crippen LogP contribution in [-0.2, 0) is 21.2 Å². The number of nitrogens with zero attached hydrogens (tertiary/aromatic N) is 3. The molecule has 0 saturated carbocycles. The second-order valence-electron chi connectivity index (χ2n) is 7.97. The Morgan fingerprint density at radius 2 is 2.06 bits per heavy atom. The fourth-order valence-corrected chi connectivity index (χ4v) is 5.41. The van der Waals surface area contributed by atoms with Gasteiger partial charge < -0.3 is 14.7 Å². The highest BCUT2D eigenvalue weighted by molar-refractivity contribution is 7.89. The molecule has 1 aromatic heterocycles. The summed E-state index contributed by atoms with van der Waals surface area (Å²) in [5, 5.41) is 6.80. The molecule has 1 aliphatic heterocycles. The molecule has 9 heteroatoms. The van der Waals surface area contributed by atoms with Crippen molar-refractivity contribution in [3.63, 3.8) is 0 Å². The topological polar surface area (TPSA) is 95.8 Å². The molecule has 1 N–H and O–H groups in total. The maximum absolute atomic E-state index is 13.3. The minimum atomic E-state index is -3.83. The molecular formula is C22H30N4O4S. The van der Waals surface area contributed by atoms with E-state index in [1.807, 2.05) is 44.4 Å². The Bertz CT molecular complexity index is 1020. The van der Waals surface area contributed by atoms with Gasteiger partial charge in [0.25, 0.3) is 0 Å². The van der Waals surface area contributed by atoms with Crippen LogP contribution in [0.2, 0.25) is 0 Å². The lowest BCUT2D eigenvalue weighted by molar-refractivity contribution is -0.126. The first-order valence-corrected chi connectivity index (χ1v) is 11.9. The molecule has 0 radical (unpaired) electrons. The van der Waals surface area contributed by atoms with Crippen molar-refractivity contribution < 1.29 is 17.7 Å². The van der Waals surface area contributed by atoms with E-state index in [1.165, 1.54) is 4.31 Å². The maximum atomic E-state index is 13.3. The van der Waals surface area contributed by atoms with E-state index in [0.29, 0.717) is 31.6 Å². The van der Waals surface area contributed by atoms with E-state index in [0.717, 1.165) is 12.0 Å². The molecule has 1 aliphatic rings. The number of benzene rings is 1. The average Bonchev–Trinajstić information content (AvgIpc) is 3.14. The second-order valence-corrected chi connectivity index (χ2v) is 9.84. The molecule has 0 bridgehead atoms. The number of hydrogen-bond acceptors (Lipinski definition) is 6. The van der Waals surface area contributed by atoms with Gasteiger partial charge in [0.1, 0.15) is 5.69 Å². The van der Waals surface area contributed by atoms with Gasteiger partial charge in [0.2, 0.25) is 15.9 Å². The number of aryl methyl sites for hydroxylation is 1. The van der Waals surface area contributed by atoms with Gasteiger partial charge in [0, 0.05) is 46.0 Å². The van der Waals surface area contributed by atoms with Crippen LogP contribution in [0.5, 0.6) is 0 Å². The Hall–Kier alpha value is -2.65. The van der Waals surface area contributed by atoms with Crippen LogP contribution in [0.25, 0.3) is 6.08 Å². The van der Waals surface area contributed by atoms with Gasteiger partial charge >= 0.3 is 0 Å². The van der Waals surface area contributed by atoms with Crippen molar-refractivity contribution in [1.29, 1.82) is 0 Å². The van der Waals surface area contributed by atoms with Gasteiger partial charge in [-0.05, 0) is 31.7 Å². The smallest absolute Gasteiger partial charge is 0.248 e. The number of amides is 1. The highest BCUT2D eigenvalue weighted by Gasteiger charge is 2.36. The van der Waals surface area contributed by atoms with Gasteiger partial charge in [0.15, 0.2) is 10.7 Å². The first-order valence-electron chi connectivity index (χ1n) is 10.4. The molecule has 1 saturated heterocycles. The number of nitrogens with one attached hydrogen (secondary N) is 1. The van der Waals surface area contributed by atoms with Crippen LogP contribution in [0.3, 0.4) is 0 Å². The van der Waals surface area contributed by atoms with Gasteiger partial charge in [-0.15, -0.1) is 0 Å². The van der Waals surface area contributed by atoms with Gasteiger partial charge in [0.05, 0.1) is 5.92 Å². The monoisotopic (exact) mass is 446 g/mol. The summed E-state index contributed by atoms with van der Waals surface area (Å²) < 4.78 is 33.3. The summed E-state index contributed by atoms with van der Waals surface area (Å²) in [6.07, 6.45) is 5.33. The molecule has 8 nitrogen and oxygen atoms in total. The fraction of sp³-hybridized carbons (Fsp3) is 0.455. The van der Waals surface area contributed by atoms with Crippen molar-refractivity contribution in [1.82, 2.24) is 19.7 Å². The molecule has 3 rings (SSSR count). The van der Waals surface area contributed by atoms with E-state index in [2.05, 4.69) is 10.5 Å². The molecule has 2 heterocycles. The van der Waals surface area contributed by atoms with Gasteiger partial charge in [-0.25, -0.2) is 8.42 Å². The van der Waals surface area contributed by atoms with Crippen molar-refractivity contribution >= 4 is 22.0 Å². The van der Waals surface area contributed by atoms with E-state index < -0.39 is 10.0 Å². The molecule has 0 spiro atoms. The third-order valence-electron chi connectivity index (χ3n) is 5.27. The average molecular weight is 447 g/mol. The van der Waals surface area contributed by atoms with Gasteiger partial charge in [-0.2, -0.15) is 4.31 Å². The Balaban J connectivity index is 1.67. The predicted octanol–water partition coefficient (Wildman–Crippen LogP) is 2.27. The van der Waals surface area contributed by atoms with Crippen molar-refractivity contribution in [2.45, 2.75) is 31.1 Å². The summed E-state index contributed by atoms with van der Waals surface area (Å²) in [5.41, 5.74) is 1.46. The Kier molecular flexibility index (Phi) is 7.50. The maximum Gasteiger partial charge on any atom is 0.248 e. The number of hydrogen-bond donors (Lipinski definition) is 1. The Morgan fingerprint density at radius 1 is 1.32 bits per heavy atom. The number of carbonyl (C=O) groups excluding carboxylic acids is 1. The zero-order chi connectivity index (χ0) is 22.4. The molecular weight excluding hydrogens is 416 g/mol. The molecule has 168 valence electrons. The van der Waals surface area contributed by atoms with Crippen molar-refractivity contribution in [2.24, 2.45) is 5.92 Å². The summed E-state index contributed by atoms with van der Waals surface area (Å²) in [7, 11) is -0.165. The standard InChI is InChI=1S/C22H30N4O4S/c1-17-21(20(30-24-17)12-15-25(2)3)31(28,29)26-14-7-10-19(16-26)22(27)23-13-11-18-8-5-4-6-9-18/h4-6,8-9,12,15,19H,7,10-11,13-14,16H2,1-3H3,(H,23,27)/b15-12+. The van der Waals surface area contributed by atoms with Crippen molar-refractivity contribution in [3.05, 3.63) is 53.5 Å². The summed E-state index contributed by atoms with van der Waals surface area (Å²) in [4.78, 5) is 14.5. The normalized spacial score (nSPS) is 17.7. The summed E-state index contributed by atoms with van der Waals surface area (Å²) in [5.74, 6) is -0.286. The van der Waals surface area contributed by atoms with Crippen molar-refractivity contribution in [3.8, 4) is 0 Å². The SMILES string of the molecule is Cc1noc(/C=C/N(C)C)c1S(=O)(=O)N1CCCC(C(=O)NCCc2ccccc2)C1. The van der Waals surface area contributed by atoms with Crippen LogP contribution >= 0.6 is 0 Å². The van der Waals surface area contributed by atoms with Crippen LogP contribution in [0.15, 0.2) is 46.0 Å². The summed E-state index contributed by atoms with van der Waals surface area (Å²) >= 11 is 0. The molecule has 1 atom stereocenters. The number of carbonyl (C=O) groups is 1. The number of sulfonamides is 1. The minimum absolute atomic E-state index is 0.0655. The lowest BCUT2D eigenvalue weighted by Crippen LogP contribution is -2.45. The molecule has 31 heavy (non-hydrogen) atoms. The highest BCUT2D eigenvalue weighted by atomic mass is 32.2. The zero-order valence-electron chi connectivity index (χ0n) is 18.2. The van der Waals surface area contributed by atoms with Gasteiger partial charge in [-0.3, -0.25) is 4.79 Å². The van der Waals surface area contributed by atoms with Crippen LogP contribution < -0.4 is 5.32 Å². The molecule has 1 unspecified atom stereocenters. The van der Waals surface area contributed by atoms with Crippen LogP contribution in [0.4, 0.5) is 0 Å². The largest absolute Gasteiger partial charge is 0.383 e. The third kappa shape index (κ3) is 5.74. The summed E-state index contributed by atoms with van der Waals surface area (Å²) in [6, 6.07) is 9.93. The quantitative estimate of drug-likeness (QED) is 0.668. The number of piperidine rings is 1. The lowest BCUT2D eigenvalue weighted by Gasteiger charge is -2.31. The van der Waals surface area contributed by atoms with E-state index in [9.17, 15) is 13.2 Å². The molecule has 0 aliphatic carbocycles. The first kappa shape index (κ1) is 23.0. The van der Waals surface area contributed by atoms with E-state index in [1.54, 1.807) is 24.1 Å². The van der Waals surface area contributed by atoms with E-state index in [4.69, 9.17) is 4.52 Å². The van der Waals surface area contributed by atoms with E-state index in [-0.39, 0.29) is 29.0 Å². The highest BCUT2D eigenvalue weighted by Crippen LogP contribution is 2.29. The second kappa shape index (κ2) is 10.1. The van der Waals surface area contributed by atoms with Crippen LogP contribution in [0.1, 0.15) is 29.9 Å². The Labute approximate surface area is 183 Å². The van der Waals surface area contributed by atoms with E-state index >= 15 is 0 Å². The van der Waals surface area contributed by atoms with Crippen molar-refractivity contribution in [2.75, 3.05) is 33.7 Å². The fourth-order valence-electron chi connectivity index (χ4n) is 3.64. The first-order chi connectivity index (χ1) is 14.8. The predicted molar refractivity (Wildman–Crippen MR) is 119 cm³/mol. The number of aromatic nitrogens is 1. The summed E-state index contributed by atoms with van der Waals surface area (Å²) in [6.45, 7) is 2.66. The lowest BCUT2D eigenvalue weighted by atomic mass is 9.99. The van der Waals surface area contributed by atoms with Gasteiger partial charge in [-0.1, -0.05) is 35.5 Å². The Morgan fingerprint density at radius 3 is 2.77 bits per heavy atom.